The van der Waals surface area contributed by atoms with Gasteiger partial charge in [-0.15, -0.1) is 0 Å². The normalized spacial score (nSPS) is 14.0. The smallest absolute Gasteiger partial charge is 0.257 e. The number of hydrogen-bond donors (Lipinski definition) is 2. The maximum absolute atomic E-state index is 12.6. The van der Waals surface area contributed by atoms with Gasteiger partial charge in [0.1, 0.15) is 10.6 Å². The van der Waals surface area contributed by atoms with Crippen LogP contribution in [0.4, 0.5) is 5.69 Å². The summed E-state index contributed by atoms with van der Waals surface area (Å²) in [6.07, 6.45) is 1.57. The predicted molar refractivity (Wildman–Crippen MR) is 105 cm³/mol. The van der Waals surface area contributed by atoms with Crippen molar-refractivity contribution in [1.82, 2.24) is 4.72 Å². The summed E-state index contributed by atoms with van der Waals surface area (Å²) in [7, 11) is -3.82. The Morgan fingerprint density at radius 3 is 2.41 bits per heavy atom. The summed E-state index contributed by atoms with van der Waals surface area (Å²) in [6, 6.07) is 9.17. The third-order valence-corrected chi connectivity index (χ3v) is 6.18. The first-order valence-corrected chi connectivity index (χ1v) is 10.6. The van der Waals surface area contributed by atoms with Crippen molar-refractivity contribution < 1.29 is 17.9 Å². The summed E-state index contributed by atoms with van der Waals surface area (Å²) in [6.45, 7) is 2.42. The van der Waals surface area contributed by atoms with E-state index in [1.165, 1.54) is 12.1 Å². The molecule has 0 unspecified atom stereocenters. The van der Waals surface area contributed by atoms with E-state index in [9.17, 15) is 13.2 Å². The van der Waals surface area contributed by atoms with Crippen molar-refractivity contribution in [1.29, 1.82) is 0 Å². The molecule has 27 heavy (non-hydrogen) atoms. The number of amides is 1. The quantitative estimate of drug-likeness (QED) is 0.695. The zero-order valence-electron chi connectivity index (χ0n) is 14.5. The minimum atomic E-state index is -3.82. The van der Waals surface area contributed by atoms with Crippen molar-refractivity contribution in [3.8, 4) is 5.75 Å². The number of hydrogen-bond acceptors (Lipinski definition) is 4. The molecule has 2 aromatic rings. The number of sulfonamides is 1. The highest BCUT2D eigenvalue weighted by atomic mass is 35.5. The van der Waals surface area contributed by atoms with Gasteiger partial charge in [0, 0.05) is 11.7 Å². The first-order valence-electron chi connectivity index (χ1n) is 8.35. The Bertz CT molecular complexity index is 958. The van der Waals surface area contributed by atoms with Crippen LogP contribution in [0.3, 0.4) is 0 Å². The highest BCUT2D eigenvalue weighted by molar-refractivity contribution is 7.89. The lowest BCUT2D eigenvalue weighted by molar-refractivity contribution is 0.102. The van der Waals surface area contributed by atoms with Crippen LogP contribution in [0.1, 0.15) is 30.1 Å². The van der Waals surface area contributed by atoms with Crippen molar-refractivity contribution in [3.05, 3.63) is 52.0 Å². The van der Waals surface area contributed by atoms with Gasteiger partial charge < -0.3 is 10.1 Å². The average molecular weight is 429 g/mol. The van der Waals surface area contributed by atoms with Crippen molar-refractivity contribution in [2.75, 3.05) is 11.9 Å². The molecule has 0 aromatic heterocycles. The number of carbonyl (C=O) groups excluding carboxylic acids is 1. The number of anilines is 1. The molecule has 0 heterocycles. The van der Waals surface area contributed by atoms with Crippen LogP contribution < -0.4 is 14.8 Å². The van der Waals surface area contributed by atoms with Crippen molar-refractivity contribution >= 4 is 44.8 Å². The molecule has 0 spiro atoms. The average Bonchev–Trinajstić information content (AvgIpc) is 3.39. The molecule has 0 bridgehead atoms. The van der Waals surface area contributed by atoms with Gasteiger partial charge in [0.2, 0.25) is 10.0 Å². The van der Waals surface area contributed by atoms with Gasteiger partial charge >= 0.3 is 0 Å². The van der Waals surface area contributed by atoms with Crippen molar-refractivity contribution in [3.63, 3.8) is 0 Å². The van der Waals surface area contributed by atoms with Crippen LogP contribution in [0.15, 0.2) is 41.3 Å². The topological polar surface area (TPSA) is 84.5 Å². The molecule has 144 valence electrons. The predicted octanol–water partition coefficient (Wildman–Crippen LogP) is 4.09. The summed E-state index contributed by atoms with van der Waals surface area (Å²) in [5.41, 5.74) is 0.543. The van der Waals surface area contributed by atoms with Gasteiger partial charge in [-0.1, -0.05) is 23.2 Å². The van der Waals surface area contributed by atoms with E-state index in [-0.39, 0.29) is 26.5 Å². The Hall–Kier alpha value is -1.80. The van der Waals surface area contributed by atoms with Crippen LogP contribution in [-0.4, -0.2) is 27.0 Å². The van der Waals surface area contributed by atoms with Gasteiger partial charge in [-0.2, -0.15) is 0 Å². The van der Waals surface area contributed by atoms with Gasteiger partial charge in [0.15, 0.2) is 0 Å². The third kappa shape index (κ3) is 4.93. The van der Waals surface area contributed by atoms with E-state index in [1.54, 1.807) is 24.3 Å². The number of halogens is 2. The molecule has 0 aliphatic heterocycles. The second-order valence-corrected chi connectivity index (χ2v) is 8.57. The monoisotopic (exact) mass is 428 g/mol. The first-order chi connectivity index (χ1) is 12.8. The number of carbonyl (C=O) groups is 1. The number of benzene rings is 2. The molecule has 1 aliphatic carbocycles. The second-order valence-electron chi connectivity index (χ2n) is 6.07. The maximum Gasteiger partial charge on any atom is 0.257 e. The van der Waals surface area contributed by atoms with Gasteiger partial charge in [-0.3, -0.25) is 4.79 Å². The molecule has 1 fully saturated rings. The Balaban J connectivity index is 1.84. The summed E-state index contributed by atoms with van der Waals surface area (Å²) >= 11 is 12.2. The Labute approximate surface area is 167 Å². The Kier molecular flexibility index (Phi) is 5.95. The van der Waals surface area contributed by atoms with Gasteiger partial charge in [-0.25, -0.2) is 13.1 Å². The molecule has 2 aromatic carbocycles. The molecule has 0 radical (unpaired) electrons. The standard InChI is InChI=1S/C18H18Cl2N2O4S/c1-2-26-13-7-5-11(6-8-13)21-18(23)14-9-17(16(20)10-15(14)19)27(24,25)22-12-3-4-12/h5-10,12,22H,2-4H2,1H3,(H,21,23). The lowest BCUT2D eigenvalue weighted by Gasteiger charge is -2.12. The molecule has 6 nitrogen and oxygen atoms in total. The van der Waals surface area contributed by atoms with Crippen molar-refractivity contribution in [2.24, 2.45) is 0 Å². The molecule has 3 rings (SSSR count). The van der Waals surface area contributed by atoms with E-state index in [2.05, 4.69) is 10.0 Å². The van der Waals surface area contributed by atoms with Crippen LogP contribution in [0, 0.1) is 0 Å². The van der Waals surface area contributed by atoms with Crippen LogP contribution >= 0.6 is 23.2 Å². The molecular formula is C18H18Cl2N2O4S. The lowest BCUT2D eigenvalue weighted by atomic mass is 10.2. The fraction of sp³-hybridized carbons (Fsp3) is 0.278. The zero-order valence-corrected chi connectivity index (χ0v) is 16.8. The fourth-order valence-corrected chi connectivity index (χ4v) is 4.56. The van der Waals surface area contributed by atoms with Gasteiger partial charge in [0.25, 0.3) is 5.91 Å². The Morgan fingerprint density at radius 2 is 1.81 bits per heavy atom. The molecule has 9 heteroatoms. The molecule has 2 N–H and O–H groups in total. The minimum absolute atomic E-state index is 0.0196. The van der Waals surface area contributed by atoms with Gasteiger partial charge in [0.05, 0.1) is 22.2 Å². The molecule has 0 saturated heterocycles. The van der Waals surface area contributed by atoms with E-state index < -0.39 is 15.9 Å². The lowest BCUT2D eigenvalue weighted by Crippen LogP contribution is -2.26. The summed E-state index contributed by atoms with van der Waals surface area (Å²) in [4.78, 5) is 12.4. The van der Waals surface area contributed by atoms with E-state index >= 15 is 0 Å². The summed E-state index contributed by atoms with van der Waals surface area (Å²) in [5.74, 6) is 0.142. The highest BCUT2D eigenvalue weighted by Gasteiger charge is 2.30. The largest absolute Gasteiger partial charge is 0.494 e. The number of ether oxygens (including phenoxy) is 1. The molecule has 1 amide bonds. The first kappa shape index (κ1) is 19.9. The Morgan fingerprint density at radius 1 is 1.15 bits per heavy atom. The van der Waals surface area contributed by atoms with E-state index in [0.717, 1.165) is 12.8 Å². The number of rotatable bonds is 7. The maximum atomic E-state index is 12.6. The van der Waals surface area contributed by atoms with E-state index in [0.29, 0.717) is 18.0 Å². The van der Waals surface area contributed by atoms with E-state index in [1.807, 2.05) is 6.92 Å². The van der Waals surface area contributed by atoms with Crippen LogP contribution in [0.2, 0.25) is 10.0 Å². The van der Waals surface area contributed by atoms with Crippen LogP contribution in [0.5, 0.6) is 5.75 Å². The summed E-state index contributed by atoms with van der Waals surface area (Å²) in [5, 5.41) is 2.71. The SMILES string of the molecule is CCOc1ccc(NC(=O)c2cc(S(=O)(=O)NC3CC3)c(Cl)cc2Cl)cc1. The fourth-order valence-electron chi connectivity index (χ4n) is 2.39. The summed E-state index contributed by atoms with van der Waals surface area (Å²) < 4.78 is 32.8. The van der Waals surface area contributed by atoms with Crippen molar-refractivity contribution in [2.45, 2.75) is 30.7 Å². The molecule has 1 aliphatic rings. The minimum Gasteiger partial charge on any atom is -0.494 e. The molecular weight excluding hydrogens is 411 g/mol. The zero-order chi connectivity index (χ0) is 19.6. The van der Waals surface area contributed by atoms with E-state index in [4.69, 9.17) is 27.9 Å². The van der Waals surface area contributed by atoms with Gasteiger partial charge in [-0.05, 0) is 56.2 Å². The third-order valence-electron chi connectivity index (χ3n) is 3.88. The second kappa shape index (κ2) is 8.06. The van der Waals surface area contributed by atoms with Crippen LogP contribution in [-0.2, 0) is 10.0 Å². The highest BCUT2D eigenvalue weighted by Crippen LogP contribution is 2.31. The molecule has 1 saturated carbocycles. The molecule has 0 atom stereocenters. The van der Waals surface area contributed by atoms with Crippen LogP contribution in [0.25, 0.3) is 0 Å². The number of nitrogens with one attached hydrogen (secondary N) is 2.